The van der Waals surface area contributed by atoms with Crippen LogP contribution in [0.25, 0.3) is 0 Å². The summed E-state index contributed by atoms with van der Waals surface area (Å²) in [6.07, 6.45) is 0. The Bertz CT molecular complexity index is 303. The molecule has 0 unspecified atom stereocenters. The molecular weight excluding hydrogens is 188 g/mol. The fourth-order valence-corrected chi connectivity index (χ4v) is 1.36. The molecule has 0 atom stereocenters. The second-order valence-electron chi connectivity index (χ2n) is 3.68. The van der Waals surface area contributed by atoms with Crippen molar-refractivity contribution in [2.24, 2.45) is 0 Å². The second-order valence-corrected chi connectivity index (χ2v) is 4.09. The number of halogens is 1. The first-order chi connectivity index (χ1) is 5.82. The molecule has 2 nitrogen and oxygen atoms in total. The van der Waals surface area contributed by atoms with Gasteiger partial charge in [0.15, 0.2) is 0 Å². The van der Waals surface area contributed by atoms with Crippen LogP contribution in [-0.4, -0.2) is 10.2 Å². The Hall–Kier alpha value is -0.730. The van der Waals surface area contributed by atoms with E-state index in [1.807, 2.05) is 0 Å². The van der Waals surface area contributed by atoms with Gasteiger partial charge in [-0.2, -0.15) is 0 Å². The van der Waals surface area contributed by atoms with Crippen LogP contribution in [0.3, 0.4) is 0 Å². The van der Waals surface area contributed by atoms with Crippen LogP contribution < -0.4 is 0 Å². The summed E-state index contributed by atoms with van der Waals surface area (Å²) in [5.74, 6) is 0.0784. The molecule has 2 N–H and O–H groups in total. The highest BCUT2D eigenvalue weighted by atomic mass is 35.5. The van der Waals surface area contributed by atoms with Crippen molar-refractivity contribution in [2.45, 2.75) is 26.4 Å². The number of aromatic hydroxyl groups is 1. The lowest BCUT2D eigenvalue weighted by Crippen LogP contribution is -2.15. The Kier molecular flexibility index (Phi) is 2.55. The molecule has 0 aliphatic heterocycles. The molecule has 1 rings (SSSR count). The number of aliphatic hydroxyl groups is 1. The first-order valence-electron chi connectivity index (χ1n) is 4.04. The molecule has 0 fully saturated rings. The third-order valence-corrected chi connectivity index (χ3v) is 2.25. The summed E-state index contributed by atoms with van der Waals surface area (Å²) < 4.78 is 0. The summed E-state index contributed by atoms with van der Waals surface area (Å²) >= 11 is 5.76. The van der Waals surface area contributed by atoms with Crippen molar-refractivity contribution >= 4 is 11.6 Å². The van der Waals surface area contributed by atoms with Crippen LogP contribution in [-0.2, 0) is 5.60 Å². The molecule has 1 aromatic rings. The van der Waals surface area contributed by atoms with Crippen molar-refractivity contribution in [3.63, 3.8) is 0 Å². The minimum Gasteiger partial charge on any atom is -0.506 e. The van der Waals surface area contributed by atoms with Crippen LogP contribution in [0.15, 0.2) is 12.1 Å². The Morgan fingerprint density at radius 3 is 2.23 bits per heavy atom. The van der Waals surface area contributed by atoms with E-state index in [9.17, 15) is 10.2 Å². The van der Waals surface area contributed by atoms with Gasteiger partial charge < -0.3 is 10.2 Å². The molecule has 72 valence electrons. The Balaban J connectivity index is 3.29. The summed E-state index contributed by atoms with van der Waals surface area (Å²) in [5.41, 5.74) is 0.444. The van der Waals surface area contributed by atoms with Crippen LogP contribution >= 0.6 is 11.6 Å². The number of phenolic OH excluding ortho intramolecular Hbond substituents is 1. The van der Waals surface area contributed by atoms with E-state index >= 15 is 0 Å². The zero-order chi connectivity index (χ0) is 10.2. The molecule has 0 aromatic heterocycles. The van der Waals surface area contributed by atoms with Crippen LogP contribution in [0, 0.1) is 6.92 Å². The quantitative estimate of drug-likeness (QED) is 0.732. The number of hydrogen-bond acceptors (Lipinski definition) is 2. The van der Waals surface area contributed by atoms with E-state index in [4.69, 9.17) is 11.6 Å². The number of phenols is 1. The van der Waals surface area contributed by atoms with Gasteiger partial charge >= 0.3 is 0 Å². The SMILES string of the molecule is Cc1cc(C(C)(C)O)cc(Cl)c1O. The lowest BCUT2D eigenvalue weighted by atomic mass is 9.96. The molecule has 0 saturated heterocycles. The van der Waals surface area contributed by atoms with Gasteiger partial charge in [0.1, 0.15) is 5.75 Å². The van der Waals surface area contributed by atoms with Gasteiger partial charge in [0.05, 0.1) is 10.6 Å². The lowest BCUT2D eigenvalue weighted by Gasteiger charge is -2.19. The monoisotopic (exact) mass is 200 g/mol. The molecule has 0 saturated carbocycles. The Morgan fingerprint density at radius 1 is 1.31 bits per heavy atom. The van der Waals surface area contributed by atoms with Gasteiger partial charge in [-0.3, -0.25) is 0 Å². The van der Waals surface area contributed by atoms with Crippen LogP contribution in [0.5, 0.6) is 5.75 Å². The number of aryl methyl sites for hydroxylation is 1. The third-order valence-electron chi connectivity index (χ3n) is 1.96. The number of benzene rings is 1. The molecule has 0 bridgehead atoms. The van der Waals surface area contributed by atoms with Gasteiger partial charge in [0.25, 0.3) is 0 Å². The number of rotatable bonds is 1. The van der Waals surface area contributed by atoms with E-state index in [0.29, 0.717) is 11.1 Å². The predicted molar refractivity (Wildman–Crippen MR) is 53.1 cm³/mol. The molecule has 0 heterocycles. The van der Waals surface area contributed by atoms with Gasteiger partial charge in [-0.05, 0) is 44.0 Å². The molecule has 13 heavy (non-hydrogen) atoms. The highest BCUT2D eigenvalue weighted by Crippen LogP contribution is 2.32. The standard InChI is InChI=1S/C10H13ClO2/c1-6-4-7(10(2,3)13)5-8(11)9(6)12/h4-5,12-13H,1-3H3. The van der Waals surface area contributed by atoms with Crippen molar-refractivity contribution in [3.05, 3.63) is 28.3 Å². The zero-order valence-corrected chi connectivity index (χ0v) is 8.68. The third kappa shape index (κ3) is 2.14. The van der Waals surface area contributed by atoms with E-state index in [-0.39, 0.29) is 10.8 Å². The fourth-order valence-electron chi connectivity index (χ4n) is 1.09. The molecule has 3 heteroatoms. The van der Waals surface area contributed by atoms with Crippen molar-refractivity contribution < 1.29 is 10.2 Å². The summed E-state index contributed by atoms with van der Waals surface area (Å²) in [6.45, 7) is 5.10. The molecule has 1 aromatic carbocycles. The van der Waals surface area contributed by atoms with Crippen molar-refractivity contribution in [3.8, 4) is 5.75 Å². The smallest absolute Gasteiger partial charge is 0.137 e. The van der Waals surface area contributed by atoms with Gasteiger partial charge in [0.2, 0.25) is 0 Å². The van der Waals surface area contributed by atoms with Crippen LogP contribution in [0.4, 0.5) is 0 Å². The maximum atomic E-state index is 9.69. The van der Waals surface area contributed by atoms with Crippen LogP contribution in [0.1, 0.15) is 25.0 Å². The Labute approximate surface area is 82.8 Å². The fraction of sp³-hybridized carbons (Fsp3) is 0.400. The van der Waals surface area contributed by atoms with Crippen molar-refractivity contribution in [2.75, 3.05) is 0 Å². The van der Waals surface area contributed by atoms with Crippen molar-refractivity contribution in [1.82, 2.24) is 0 Å². The highest BCUT2D eigenvalue weighted by molar-refractivity contribution is 6.32. The molecular formula is C10H13ClO2. The predicted octanol–water partition coefficient (Wildman–Crippen LogP) is 2.58. The molecule has 0 aliphatic carbocycles. The normalized spacial score (nSPS) is 11.8. The average Bonchev–Trinajstić information content (AvgIpc) is 1.97. The summed E-state index contributed by atoms with van der Waals surface area (Å²) in [5, 5.41) is 19.3. The van der Waals surface area contributed by atoms with E-state index < -0.39 is 5.60 Å². The molecule has 0 spiro atoms. The average molecular weight is 201 g/mol. The maximum absolute atomic E-state index is 9.69. The highest BCUT2D eigenvalue weighted by Gasteiger charge is 2.18. The van der Waals surface area contributed by atoms with Gasteiger partial charge in [0, 0.05) is 0 Å². The van der Waals surface area contributed by atoms with Crippen LogP contribution in [0.2, 0.25) is 5.02 Å². The first-order valence-corrected chi connectivity index (χ1v) is 4.42. The van der Waals surface area contributed by atoms with Crippen molar-refractivity contribution in [1.29, 1.82) is 0 Å². The van der Waals surface area contributed by atoms with E-state index in [2.05, 4.69) is 0 Å². The molecule has 0 aliphatic rings. The van der Waals surface area contributed by atoms with E-state index in [1.165, 1.54) is 0 Å². The van der Waals surface area contributed by atoms with E-state index in [1.54, 1.807) is 32.9 Å². The summed E-state index contributed by atoms with van der Waals surface area (Å²) in [4.78, 5) is 0. The first kappa shape index (κ1) is 10.4. The zero-order valence-electron chi connectivity index (χ0n) is 7.93. The largest absolute Gasteiger partial charge is 0.506 e. The Morgan fingerprint density at radius 2 is 1.85 bits per heavy atom. The maximum Gasteiger partial charge on any atom is 0.137 e. The van der Waals surface area contributed by atoms with Gasteiger partial charge in [-0.15, -0.1) is 0 Å². The topological polar surface area (TPSA) is 40.5 Å². The van der Waals surface area contributed by atoms with Gasteiger partial charge in [-0.1, -0.05) is 11.6 Å². The molecule has 0 amide bonds. The minimum absolute atomic E-state index is 0.0784. The lowest BCUT2D eigenvalue weighted by molar-refractivity contribution is 0.0785. The summed E-state index contributed by atoms with van der Waals surface area (Å²) in [7, 11) is 0. The minimum atomic E-state index is -0.928. The van der Waals surface area contributed by atoms with E-state index in [0.717, 1.165) is 0 Å². The number of hydrogen-bond donors (Lipinski definition) is 2. The molecule has 0 radical (unpaired) electrons. The summed E-state index contributed by atoms with van der Waals surface area (Å²) in [6, 6.07) is 3.30. The van der Waals surface area contributed by atoms with Gasteiger partial charge in [-0.25, -0.2) is 0 Å². The second kappa shape index (κ2) is 3.20.